The fourth-order valence-electron chi connectivity index (χ4n) is 2.59. The van der Waals surface area contributed by atoms with Crippen molar-refractivity contribution in [3.63, 3.8) is 0 Å². The van der Waals surface area contributed by atoms with Crippen molar-refractivity contribution in [1.82, 2.24) is 10.3 Å². The van der Waals surface area contributed by atoms with Crippen LogP contribution in [0.15, 0.2) is 0 Å². The topological polar surface area (TPSA) is 34.1 Å². The average Bonchev–Trinajstić information content (AvgIpc) is 2.83. The minimum absolute atomic E-state index is 0.625. The van der Waals surface area contributed by atoms with Crippen LogP contribution in [0.3, 0.4) is 0 Å². The molecule has 2 rings (SSSR count). The Morgan fingerprint density at radius 3 is 2.75 bits per heavy atom. The van der Waals surface area contributed by atoms with Gasteiger partial charge in [-0.3, -0.25) is 0 Å². The molecule has 0 spiro atoms. The second-order valence-corrected chi connectivity index (χ2v) is 7.20. The van der Waals surface area contributed by atoms with Gasteiger partial charge in [-0.2, -0.15) is 0 Å². The van der Waals surface area contributed by atoms with Gasteiger partial charge in [-0.05, 0) is 38.1 Å². The molecule has 1 fully saturated rings. The van der Waals surface area contributed by atoms with Crippen LogP contribution in [0.5, 0.6) is 0 Å². The Morgan fingerprint density at radius 2 is 2.10 bits per heavy atom. The van der Waals surface area contributed by atoms with E-state index in [1.165, 1.54) is 22.0 Å². The molecule has 0 radical (unpaired) electrons. The molecule has 1 N–H and O–H groups in total. The second kappa shape index (κ2) is 8.11. The molecule has 1 aliphatic heterocycles. The second-order valence-electron chi connectivity index (χ2n) is 6.08. The fourth-order valence-corrected chi connectivity index (χ4v) is 3.82. The van der Waals surface area contributed by atoms with Crippen LogP contribution in [0, 0.1) is 5.92 Å². The summed E-state index contributed by atoms with van der Waals surface area (Å²) in [5.41, 5.74) is 1.33. The summed E-state index contributed by atoms with van der Waals surface area (Å²) >= 11 is 1.93. The number of ether oxygens (including phenoxy) is 1. The van der Waals surface area contributed by atoms with Crippen molar-refractivity contribution < 1.29 is 4.74 Å². The Morgan fingerprint density at radius 1 is 1.35 bits per heavy atom. The molecule has 0 saturated carbocycles. The van der Waals surface area contributed by atoms with Crippen LogP contribution in [-0.2, 0) is 17.7 Å². The van der Waals surface area contributed by atoms with Gasteiger partial charge < -0.3 is 10.1 Å². The van der Waals surface area contributed by atoms with E-state index in [-0.39, 0.29) is 0 Å². The zero-order chi connectivity index (χ0) is 14.4. The Balaban J connectivity index is 2.08. The van der Waals surface area contributed by atoms with Gasteiger partial charge in [0, 0.05) is 30.6 Å². The van der Waals surface area contributed by atoms with Crippen LogP contribution in [0.2, 0.25) is 0 Å². The van der Waals surface area contributed by atoms with Gasteiger partial charge in [-0.1, -0.05) is 20.8 Å². The lowest BCUT2D eigenvalue weighted by Crippen LogP contribution is -2.14. The first-order chi connectivity index (χ1) is 9.70. The molecule has 20 heavy (non-hydrogen) atoms. The first-order valence-corrected chi connectivity index (χ1v) is 8.79. The molecule has 2 heterocycles. The smallest absolute Gasteiger partial charge is 0.0964 e. The molecule has 1 aromatic heterocycles. The van der Waals surface area contributed by atoms with Crippen molar-refractivity contribution in [3.05, 3.63) is 15.6 Å². The lowest BCUT2D eigenvalue weighted by Gasteiger charge is -2.19. The van der Waals surface area contributed by atoms with Crippen molar-refractivity contribution in [2.24, 2.45) is 5.92 Å². The van der Waals surface area contributed by atoms with Gasteiger partial charge in [0.25, 0.3) is 0 Å². The van der Waals surface area contributed by atoms with E-state index < -0.39 is 0 Å². The summed E-state index contributed by atoms with van der Waals surface area (Å²) in [5.74, 6) is 1.30. The van der Waals surface area contributed by atoms with Crippen LogP contribution in [-0.4, -0.2) is 24.7 Å². The Hall–Kier alpha value is -0.450. The normalized spacial score (nSPS) is 17.0. The highest BCUT2D eigenvalue weighted by molar-refractivity contribution is 7.11. The summed E-state index contributed by atoms with van der Waals surface area (Å²) in [4.78, 5) is 6.43. The zero-order valence-electron chi connectivity index (χ0n) is 13.1. The third kappa shape index (κ3) is 4.54. The van der Waals surface area contributed by atoms with E-state index in [1.807, 2.05) is 11.3 Å². The highest BCUT2D eigenvalue weighted by Crippen LogP contribution is 2.32. The molecule has 3 nitrogen and oxygen atoms in total. The highest BCUT2D eigenvalue weighted by Gasteiger charge is 2.21. The molecule has 1 aliphatic rings. The van der Waals surface area contributed by atoms with E-state index in [9.17, 15) is 0 Å². The lowest BCUT2D eigenvalue weighted by molar-refractivity contribution is 0.0852. The number of nitrogens with zero attached hydrogens (tertiary/aromatic N) is 1. The van der Waals surface area contributed by atoms with Crippen molar-refractivity contribution in [2.45, 2.75) is 58.9 Å². The lowest BCUT2D eigenvalue weighted by atomic mass is 10.0. The van der Waals surface area contributed by atoms with Crippen LogP contribution in [0.1, 0.15) is 61.5 Å². The van der Waals surface area contributed by atoms with E-state index in [0.29, 0.717) is 11.8 Å². The van der Waals surface area contributed by atoms with Crippen molar-refractivity contribution >= 4 is 11.3 Å². The third-order valence-corrected chi connectivity index (χ3v) is 4.94. The van der Waals surface area contributed by atoms with E-state index in [0.717, 1.165) is 45.6 Å². The maximum absolute atomic E-state index is 5.47. The van der Waals surface area contributed by atoms with Crippen molar-refractivity contribution in [3.8, 4) is 0 Å². The van der Waals surface area contributed by atoms with Gasteiger partial charge in [-0.25, -0.2) is 4.98 Å². The van der Waals surface area contributed by atoms with Crippen LogP contribution in [0.4, 0.5) is 0 Å². The zero-order valence-corrected chi connectivity index (χ0v) is 13.9. The highest BCUT2D eigenvalue weighted by atomic mass is 32.1. The molecule has 0 bridgehead atoms. The van der Waals surface area contributed by atoms with E-state index in [1.54, 1.807) is 0 Å². The van der Waals surface area contributed by atoms with Gasteiger partial charge in [-0.15, -0.1) is 11.3 Å². The fraction of sp³-hybridized carbons (Fsp3) is 0.812. The number of rotatable bonds is 7. The first-order valence-electron chi connectivity index (χ1n) is 7.97. The minimum atomic E-state index is 0.625. The van der Waals surface area contributed by atoms with Crippen LogP contribution < -0.4 is 5.32 Å². The summed E-state index contributed by atoms with van der Waals surface area (Å²) in [6.45, 7) is 10.6. The molecule has 0 aromatic carbocycles. The number of hydrogen-bond donors (Lipinski definition) is 1. The summed E-state index contributed by atoms with van der Waals surface area (Å²) in [5, 5.41) is 4.87. The van der Waals surface area contributed by atoms with E-state index >= 15 is 0 Å². The Labute approximate surface area is 127 Å². The van der Waals surface area contributed by atoms with Crippen molar-refractivity contribution in [2.75, 3.05) is 19.8 Å². The van der Waals surface area contributed by atoms with Gasteiger partial charge in [0.15, 0.2) is 0 Å². The molecule has 1 saturated heterocycles. The SMILES string of the molecule is CCCNCc1sc(C2CCOCC2)nc1CC(C)C. The monoisotopic (exact) mass is 296 g/mol. The Kier molecular flexibility index (Phi) is 6.46. The van der Waals surface area contributed by atoms with Gasteiger partial charge in [0.05, 0.1) is 10.7 Å². The predicted molar refractivity (Wildman–Crippen MR) is 85.4 cm³/mol. The van der Waals surface area contributed by atoms with Crippen molar-refractivity contribution in [1.29, 1.82) is 0 Å². The Bertz CT molecular complexity index is 397. The largest absolute Gasteiger partial charge is 0.381 e. The third-order valence-electron chi connectivity index (χ3n) is 3.68. The molecule has 0 unspecified atom stereocenters. The average molecular weight is 296 g/mol. The van der Waals surface area contributed by atoms with Crippen LogP contribution in [0.25, 0.3) is 0 Å². The number of thiazole rings is 1. The molecule has 0 amide bonds. The predicted octanol–water partition coefficient (Wildman–Crippen LogP) is 3.74. The molecule has 114 valence electrons. The molecular weight excluding hydrogens is 268 g/mol. The number of aromatic nitrogens is 1. The number of nitrogens with one attached hydrogen (secondary N) is 1. The van der Waals surface area contributed by atoms with Gasteiger partial charge in [0.2, 0.25) is 0 Å². The molecular formula is C16H28N2OS. The van der Waals surface area contributed by atoms with Crippen LogP contribution >= 0.6 is 11.3 Å². The summed E-state index contributed by atoms with van der Waals surface area (Å²) in [7, 11) is 0. The quantitative estimate of drug-likeness (QED) is 0.778. The van der Waals surface area contributed by atoms with E-state index in [4.69, 9.17) is 9.72 Å². The molecule has 0 aliphatic carbocycles. The minimum Gasteiger partial charge on any atom is -0.381 e. The van der Waals surface area contributed by atoms with Gasteiger partial charge in [0.1, 0.15) is 0 Å². The summed E-state index contributed by atoms with van der Waals surface area (Å²) in [6.07, 6.45) is 4.56. The maximum atomic E-state index is 5.47. The first kappa shape index (κ1) is 15.9. The molecule has 4 heteroatoms. The van der Waals surface area contributed by atoms with E-state index in [2.05, 4.69) is 26.1 Å². The summed E-state index contributed by atoms with van der Waals surface area (Å²) < 4.78 is 5.47. The maximum Gasteiger partial charge on any atom is 0.0964 e. The summed E-state index contributed by atoms with van der Waals surface area (Å²) in [6, 6.07) is 0. The van der Waals surface area contributed by atoms with Gasteiger partial charge >= 0.3 is 0 Å². The standard InChI is InChI=1S/C16H28N2OS/c1-4-7-17-11-15-14(10-12(2)3)18-16(20-15)13-5-8-19-9-6-13/h12-13,17H,4-11H2,1-3H3. The molecule has 0 atom stereocenters. The molecule has 1 aromatic rings. The number of hydrogen-bond acceptors (Lipinski definition) is 4.